The van der Waals surface area contributed by atoms with Gasteiger partial charge in [-0.2, -0.15) is 5.10 Å². The van der Waals surface area contributed by atoms with Crippen LogP contribution in [0.4, 0.5) is 5.69 Å². The van der Waals surface area contributed by atoms with Crippen LogP contribution >= 0.6 is 0 Å². The largest absolute Gasteiger partial charge is 0.393 e. The fourth-order valence-electron chi connectivity index (χ4n) is 2.97. The third-order valence-corrected chi connectivity index (χ3v) is 4.36. The minimum absolute atomic E-state index is 0.0135. The summed E-state index contributed by atoms with van der Waals surface area (Å²) in [7, 11) is 1.87. The number of piperidine rings is 1. The quantitative estimate of drug-likeness (QED) is 0.871. The lowest BCUT2D eigenvalue weighted by atomic mass is 9.93. The van der Waals surface area contributed by atoms with E-state index in [1.54, 1.807) is 4.68 Å². The molecule has 0 bridgehead atoms. The first-order valence-corrected chi connectivity index (χ1v) is 7.59. The molecule has 0 radical (unpaired) electrons. The van der Waals surface area contributed by atoms with Crippen LogP contribution in [0.15, 0.2) is 0 Å². The fraction of sp³-hybridized carbons (Fsp3) is 0.733. The van der Waals surface area contributed by atoms with E-state index < -0.39 is 0 Å². The summed E-state index contributed by atoms with van der Waals surface area (Å²) in [6.07, 6.45) is 1.77. The molecule has 118 valence electrons. The summed E-state index contributed by atoms with van der Waals surface area (Å²) in [5.74, 6) is 0.258. The van der Waals surface area contributed by atoms with Crippen LogP contribution in [-0.2, 0) is 11.8 Å². The van der Waals surface area contributed by atoms with E-state index in [-0.39, 0.29) is 17.9 Å². The molecule has 1 aliphatic rings. The van der Waals surface area contributed by atoms with E-state index in [0.717, 1.165) is 43.0 Å². The standard InChI is InChI=1S/C15H26N4O2/c1-10-15(11(2)18(4)17-10)16-14(21)9-19-7-5-6-13(8-19)12(3)20/h12-13,20H,5-9H2,1-4H3,(H,16,21). The molecule has 1 amide bonds. The van der Waals surface area contributed by atoms with Crippen molar-refractivity contribution in [2.75, 3.05) is 25.0 Å². The molecule has 0 aliphatic carbocycles. The van der Waals surface area contributed by atoms with Gasteiger partial charge in [-0.15, -0.1) is 0 Å². The number of amides is 1. The third kappa shape index (κ3) is 3.83. The summed E-state index contributed by atoms with van der Waals surface area (Å²) in [5, 5.41) is 17.0. The molecule has 6 heteroatoms. The van der Waals surface area contributed by atoms with Crippen LogP contribution in [0.25, 0.3) is 0 Å². The maximum absolute atomic E-state index is 12.2. The van der Waals surface area contributed by atoms with Gasteiger partial charge in [0.2, 0.25) is 5.91 Å². The number of aryl methyl sites for hydroxylation is 2. The number of nitrogens with zero attached hydrogens (tertiary/aromatic N) is 3. The van der Waals surface area contributed by atoms with E-state index in [4.69, 9.17) is 0 Å². The molecule has 1 aliphatic heterocycles. The summed E-state index contributed by atoms with van der Waals surface area (Å²) in [4.78, 5) is 14.3. The molecule has 0 saturated carbocycles. The van der Waals surface area contributed by atoms with Crippen LogP contribution in [0.3, 0.4) is 0 Å². The molecule has 0 aromatic carbocycles. The zero-order valence-corrected chi connectivity index (χ0v) is 13.4. The Morgan fingerprint density at radius 1 is 1.52 bits per heavy atom. The van der Waals surface area contributed by atoms with Gasteiger partial charge in [-0.1, -0.05) is 0 Å². The molecule has 1 fully saturated rings. The highest BCUT2D eigenvalue weighted by atomic mass is 16.3. The molecule has 2 rings (SSSR count). The summed E-state index contributed by atoms with van der Waals surface area (Å²) >= 11 is 0. The van der Waals surface area contributed by atoms with E-state index >= 15 is 0 Å². The van der Waals surface area contributed by atoms with Gasteiger partial charge in [0.15, 0.2) is 0 Å². The van der Waals surface area contributed by atoms with Crippen LogP contribution < -0.4 is 5.32 Å². The Bertz CT molecular complexity index is 510. The van der Waals surface area contributed by atoms with Crippen molar-refractivity contribution in [2.24, 2.45) is 13.0 Å². The highest BCUT2D eigenvalue weighted by Crippen LogP contribution is 2.21. The Kier molecular flexibility index (Phi) is 5.00. The number of aliphatic hydroxyl groups excluding tert-OH is 1. The van der Waals surface area contributed by atoms with Crippen molar-refractivity contribution in [1.29, 1.82) is 0 Å². The minimum Gasteiger partial charge on any atom is -0.393 e. The van der Waals surface area contributed by atoms with Crippen LogP contribution in [0.2, 0.25) is 0 Å². The molecule has 1 aromatic heterocycles. The van der Waals surface area contributed by atoms with E-state index in [1.807, 2.05) is 27.8 Å². The zero-order valence-electron chi connectivity index (χ0n) is 13.4. The number of anilines is 1. The average Bonchev–Trinajstić information content (AvgIpc) is 2.65. The van der Waals surface area contributed by atoms with Gasteiger partial charge in [0.05, 0.1) is 29.7 Å². The lowest BCUT2D eigenvalue weighted by molar-refractivity contribution is -0.118. The molecule has 21 heavy (non-hydrogen) atoms. The Morgan fingerprint density at radius 2 is 2.24 bits per heavy atom. The van der Waals surface area contributed by atoms with Crippen molar-refractivity contribution in [1.82, 2.24) is 14.7 Å². The Labute approximate surface area is 126 Å². The van der Waals surface area contributed by atoms with Gasteiger partial charge in [0, 0.05) is 13.6 Å². The monoisotopic (exact) mass is 294 g/mol. The predicted octanol–water partition coefficient (Wildman–Crippen LogP) is 1.07. The normalized spacial score (nSPS) is 21.3. The molecule has 6 nitrogen and oxygen atoms in total. The second kappa shape index (κ2) is 6.58. The first-order valence-electron chi connectivity index (χ1n) is 7.59. The summed E-state index contributed by atoms with van der Waals surface area (Å²) in [5.41, 5.74) is 2.61. The molecule has 1 aromatic rings. The molecule has 0 spiro atoms. The van der Waals surface area contributed by atoms with Crippen molar-refractivity contribution < 1.29 is 9.90 Å². The first kappa shape index (κ1) is 16.0. The number of hydrogen-bond donors (Lipinski definition) is 2. The van der Waals surface area contributed by atoms with Gasteiger partial charge in [0.25, 0.3) is 0 Å². The number of aromatic nitrogens is 2. The van der Waals surface area contributed by atoms with Crippen molar-refractivity contribution in [3.63, 3.8) is 0 Å². The zero-order chi connectivity index (χ0) is 15.6. The van der Waals surface area contributed by atoms with E-state index in [0.29, 0.717) is 6.54 Å². The number of carbonyl (C=O) groups excluding carboxylic acids is 1. The Hall–Kier alpha value is -1.40. The molecule has 2 unspecified atom stereocenters. The molecule has 2 atom stereocenters. The highest BCUT2D eigenvalue weighted by molar-refractivity contribution is 5.93. The lowest BCUT2D eigenvalue weighted by Crippen LogP contribution is -2.43. The SMILES string of the molecule is Cc1nn(C)c(C)c1NC(=O)CN1CCCC(C(C)O)C1. The number of carbonyl (C=O) groups is 1. The molecule has 2 heterocycles. The van der Waals surface area contributed by atoms with Crippen LogP contribution in [0.5, 0.6) is 0 Å². The second-order valence-electron chi connectivity index (χ2n) is 6.10. The van der Waals surface area contributed by atoms with E-state index in [1.165, 1.54) is 0 Å². The Balaban J connectivity index is 1.92. The maximum Gasteiger partial charge on any atom is 0.238 e. The van der Waals surface area contributed by atoms with Crippen LogP contribution in [-0.4, -0.2) is 51.4 Å². The molecule has 2 N–H and O–H groups in total. The van der Waals surface area contributed by atoms with Gasteiger partial charge in [0.1, 0.15) is 0 Å². The van der Waals surface area contributed by atoms with E-state index in [2.05, 4.69) is 15.3 Å². The first-order chi connectivity index (χ1) is 9.88. The van der Waals surface area contributed by atoms with Crippen molar-refractivity contribution in [2.45, 2.75) is 39.7 Å². The third-order valence-electron chi connectivity index (χ3n) is 4.36. The molecule has 1 saturated heterocycles. The number of likely N-dealkylation sites (tertiary alicyclic amines) is 1. The predicted molar refractivity (Wildman–Crippen MR) is 82.2 cm³/mol. The van der Waals surface area contributed by atoms with Crippen molar-refractivity contribution >= 4 is 11.6 Å². The van der Waals surface area contributed by atoms with E-state index in [9.17, 15) is 9.90 Å². The van der Waals surface area contributed by atoms with Crippen molar-refractivity contribution in [3.8, 4) is 0 Å². The molecular weight excluding hydrogens is 268 g/mol. The number of hydrogen-bond acceptors (Lipinski definition) is 4. The summed E-state index contributed by atoms with van der Waals surface area (Å²) < 4.78 is 1.77. The summed E-state index contributed by atoms with van der Waals surface area (Å²) in [6.45, 7) is 7.75. The second-order valence-corrected chi connectivity index (χ2v) is 6.10. The van der Waals surface area contributed by atoms with Gasteiger partial charge < -0.3 is 10.4 Å². The topological polar surface area (TPSA) is 70.4 Å². The van der Waals surface area contributed by atoms with Crippen LogP contribution in [0, 0.1) is 19.8 Å². The maximum atomic E-state index is 12.2. The van der Waals surface area contributed by atoms with Gasteiger partial charge in [-0.3, -0.25) is 14.4 Å². The average molecular weight is 294 g/mol. The van der Waals surface area contributed by atoms with Gasteiger partial charge in [-0.05, 0) is 46.1 Å². The lowest BCUT2D eigenvalue weighted by Gasteiger charge is -2.33. The van der Waals surface area contributed by atoms with Crippen LogP contribution in [0.1, 0.15) is 31.2 Å². The van der Waals surface area contributed by atoms with Gasteiger partial charge in [-0.25, -0.2) is 0 Å². The van der Waals surface area contributed by atoms with Crippen molar-refractivity contribution in [3.05, 3.63) is 11.4 Å². The smallest absolute Gasteiger partial charge is 0.238 e. The fourth-order valence-corrected chi connectivity index (χ4v) is 2.97. The Morgan fingerprint density at radius 3 is 2.81 bits per heavy atom. The van der Waals surface area contributed by atoms with Gasteiger partial charge >= 0.3 is 0 Å². The highest BCUT2D eigenvalue weighted by Gasteiger charge is 2.25. The number of nitrogens with one attached hydrogen (secondary N) is 1. The summed E-state index contributed by atoms with van der Waals surface area (Å²) in [6, 6.07) is 0. The molecular formula is C15H26N4O2. The number of rotatable bonds is 4. The minimum atomic E-state index is -0.307. The number of aliphatic hydroxyl groups is 1.